The lowest BCUT2D eigenvalue weighted by Gasteiger charge is -2.42. The average molecular weight is 791 g/mol. The molecule has 3 fully saturated rings. The minimum Gasteiger partial charge on any atom is -0.489 e. The molecule has 2 saturated heterocycles. The predicted octanol–water partition coefficient (Wildman–Crippen LogP) is 3.54. The molecule has 3 aliphatic heterocycles. The molecule has 2 aromatic heterocycles. The molecule has 8 rings (SSSR count). The van der Waals surface area contributed by atoms with Crippen LogP contribution in [0.4, 0.5) is 17.2 Å². The van der Waals surface area contributed by atoms with Crippen molar-refractivity contribution in [2.24, 2.45) is 0 Å². The third-order valence-corrected chi connectivity index (χ3v) is 11.7. The Hall–Kier alpha value is -5.87. The van der Waals surface area contributed by atoms with Gasteiger partial charge in [-0.25, -0.2) is 4.68 Å². The Bertz CT molecular complexity index is 2180. The van der Waals surface area contributed by atoms with Gasteiger partial charge in [0.1, 0.15) is 29.8 Å². The quantitative estimate of drug-likeness (QED) is 0.128. The number of nitrogen functional groups attached to an aromatic ring is 1. The number of para-hydroxylation sites is 2. The third-order valence-electron chi connectivity index (χ3n) is 11.7. The van der Waals surface area contributed by atoms with Gasteiger partial charge in [-0.2, -0.15) is 5.10 Å². The number of fused-ring (bicyclic) bond motifs is 1. The second-order valence-electron chi connectivity index (χ2n) is 15.7. The zero-order valence-corrected chi connectivity index (χ0v) is 33.0. The van der Waals surface area contributed by atoms with Crippen molar-refractivity contribution < 1.29 is 28.7 Å². The number of piperidine rings is 1. The molecule has 0 radical (unpaired) electrons. The number of hydrogen-bond donors (Lipinski definition) is 2. The molecule has 1 aliphatic carbocycles. The van der Waals surface area contributed by atoms with E-state index in [4.69, 9.17) is 15.2 Å². The normalized spacial score (nSPS) is 21.4. The van der Waals surface area contributed by atoms with E-state index >= 15 is 0 Å². The minimum atomic E-state index is -0.383. The van der Waals surface area contributed by atoms with Crippen molar-refractivity contribution >= 4 is 40.9 Å². The van der Waals surface area contributed by atoms with Crippen LogP contribution in [0.5, 0.6) is 11.5 Å². The van der Waals surface area contributed by atoms with Crippen LogP contribution in [-0.2, 0) is 19.2 Å². The summed E-state index contributed by atoms with van der Waals surface area (Å²) in [6.07, 6.45) is 9.11. The monoisotopic (exact) mass is 790 g/mol. The van der Waals surface area contributed by atoms with E-state index in [1.165, 1.54) is 5.56 Å². The molecule has 16 heteroatoms. The number of esters is 1. The summed E-state index contributed by atoms with van der Waals surface area (Å²) in [5.74, 6) is 0.935. The molecule has 4 aromatic rings. The Morgan fingerprint density at radius 2 is 1.81 bits per heavy atom. The standard InChI is InChI=1S/C42H50N10O6/c1-48(2)18-6-11-39(55)58-36-10-4-3-7-31(36)32-23-35(41(43)47-46-32)52-25-29(24-44-52)50-20-19-49(26-38(50)54)28-14-12-27(13-15-28)30-8-5-9-33-40(30)57-22-21-51(33)34-16-17-37(53)45-42(34)56/h3-5,7-10,23-25,27-28,34H,6,11-22,26H2,1-2H3,(H2,43,47)(H,45,53,56). The van der Waals surface area contributed by atoms with Crippen LogP contribution in [0.15, 0.2) is 60.9 Å². The molecule has 4 aliphatic rings. The first-order valence-corrected chi connectivity index (χ1v) is 20.2. The molecule has 0 bridgehead atoms. The second-order valence-corrected chi connectivity index (χ2v) is 15.7. The summed E-state index contributed by atoms with van der Waals surface area (Å²) >= 11 is 0. The highest BCUT2D eigenvalue weighted by molar-refractivity contribution is 6.02. The Morgan fingerprint density at radius 3 is 2.60 bits per heavy atom. The van der Waals surface area contributed by atoms with Crippen molar-refractivity contribution in [3.05, 3.63) is 66.5 Å². The highest BCUT2D eigenvalue weighted by Crippen LogP contribution is 2.45. The maximum Gasteiger partial charge on any atom is 0.311 e. The van der Waals surface area contributed by atoms with Crippen LogP contribution in [0.25, 0.3) is 16.9 Å². The highest BCUT2D eigenvalue weighted by atomic mass is 16.5. The van der Waals surface area contributed by atoms with E-state index in [1.54, 1.807) is 40.2 Å². The number of hydrogen-bond acceptors (Lipinski definition) is 13. The predicted molar refractivity (Wildman–Crippen MR) is 217 cm³/mol. The van der Waals surface area contributed by atoms with E-state index in [0.29, 0.717) is 85.8 Å². The SMILES string of the molecule is CN(C)CCCC(=O)Oc1ccccc1-c1cc(-n2cc(N3CCN(C4CCC(c5cccc6c5OCCN6C5CCC(=O)NC5=O)CC4)CC3=O)cn2)c(N)nn1. The van der Waals surface area contributed by atoms with Crippen LogP contribution in [0, 0.1) is 0 Å². The number of rotatable bonds is 11. The summed E-state index contributed by atoms with van der Waals surface area (Å²) in [5.41, 5.74) is 10.6. The van der Waals surface area contributed by atoms with Crippen LogP contribution in [0.2, 0.25) is 0 Å². The van der Waals surface area contributed by atoms with E-state index in [-0.39, 0.29) is 42.0 Å². The largest absolute Gasteiger partial charge is 0.489 e. The van der Waals surface area contributed by atoms with Crippen molar-refractivity contribution in [3.63, 3.8) is 0 Å². The van der Waals surface area contributed by atoms with Crippen molar-refractivity contribution in [2.75, 3.05) is 69.0 Å². The molecule has 58 heavy (non-hydrogen) atoms. The number of piperazine rings is 1. The summed E-state index contributed by atoms with van der Waals surface area (Å²) in [4.78, 5) is 59.0. The van der Waals surface area contributed by atoms with Gasteiger partial charge in [0.2, 0.25) is 17.7 Å². The number of imide groups is 1. The lowest BCUT2D eigenvalue weighted by atomic mass is 9.80. The molecule has 1 saturated carbocycles. The van der Waals surface area contributed by atoms with Gasteiger partial charge in [0, 0.05) is 37.5 Å². The minimum absolute atomic E-state index is 0.00910. The van der Waals surface area contributed by atoms with Gasteiger partial charge >= 0.3 is 5.97 Å². The van der Waals surface area contributed by atoms with Gasteiger partial charge in [0.25, 0.3) is 0 Å². The Kier molecular flexibility index (Phi) is 11.4. The fourth-order valence-corrected chi connectivity index (χ4v) is 8.72. The zero-order valence-electron chi connectivity index (χ0n) is 33.0. The second kappa shape index (κ2) is 16.9. The van der Waals surface area contributed by atoms with Gasteiger partial charge in [-0.05, 0) is 94.9 Å². The van der Waals surface area contributed by atoms with E-state index < -0.39 is 0 Å². The average Bonchev–Trinajstić information content (AvgIpc) is 3.71. The van der Waals surface area contributed by atoms with Gasteiger partial charge < -0.3 is 29.9 Å². The number of nitrogens with zero attached hydrogens (tertiary/aromatic N) is 8. The van der Waals surface area contributed by atoms with Crippen LogP contribution >= 0.6 is 0 Å². The summed E-state index contributed by atoms with van der Waals surface area (Å²) in [7, 11) is 3.92. The number of ether oxygens (including phenoxy) is 2. The van der Waals surface area contributed by atoms with Crippen LogP contribution < -0.4 is 30.3 Å². The highest BCUT2D eigenvalue weighted by Gasteiger charge is 2.38. The van der Waals surface area contributed by atoms with Crippen molar-refractivity contribution in [2.45, 2.75) is 69.4 Å². The van der Waals surface area contributed by atoms with Gasteiger partial charge in [-0.1, -0.05) is 24.3 Å². The number of amides is 3. The van der Waals surface area contributed by atoms with E-state index in [9.17, 15) is 19.2 Å². The molecular weight excluding hydrogens is 741 g/mol. The Labute approximate surface area is 337 Å². The van der Waals surface area contributed by atoms with Crippen molar-refractivity contribution in [3.8, 4) is 28.4 Å². The molecule has 16 nitrogen and oxygen atoms in total. The van der Waals surface area contributed by atoms with E-state index in [2.05, 4.69) is 36.5 Å². The van der Waals surface area contributed by atoms with Gasteiger partial charge in [0.15, 0.2) is 5.82 Å². The fourth-order valence-electron chi connectivity index (χ4n) is 8.72. The van der Waals surface area contributed by atoms with Crippen molar-refractivity contribution in [1.82, 2.24) is 35.1 Å². The molecule has 2 aromatic carbocycles. The first kappa shape index (κ1) is 39.0. The maximum atomic E-state index is 13.7. The number of nitrogens with one attached hydrogen (secondary N) is 1. The fraction of sp³-hybridized carbons (Fsp3) is 0.452. The molecule has 3 N–H and O–H groups in total. The zero-order chi connectivity index (χ0) is 40.3. The van der Waals surface area contributed by atoms with E-state index in [1.807, 2.05) is 43.3 Å². The van der Waals surface area contributed by atoms with Crippen LogP contribution in [0.3, 0.4) is 0 Å². The number of nitrogens with two attached hydrogens (primary N) is 1. The molecule has 1 atom stereocenters. The van der Waals surface area contributed by atoms with Gasteiger partial charge in [-0.15, -0.1) is 10.2 Å². The molecule has 5 heterocycles. The first-order valence-electron chi connectivity index (χ1n) is 20.2. The molecule has 1 unspecified atom stereocenters. The summed E-state index contributed by atoms with van der Waals surface area (Å²) in [6.45, 7) is 3.45. The van der Waals surface area contributed by atoms with Crippen molar-refractivity contribution in [1.29, 1.82) is 0 Å². The first-order chi connectivity index (χ1) is 28.1. The van der Waals surface area contributed by atoms with Gasteiger partial charge in [-0.3, -0.25) is 29.4 Å². The summed E-state index contributed by atoms with van der Waals surface area (Å²) in [5, 5.41) is 15.5. The lowest BCUT2D eigenvalue weighted by molar-refractivity contribution is -0.135. The number of aromatic nitrogens is 4. The number of anilines is 3. The molecule has 0 spiro atoms. The smallest absolute Gasteiger partial charge is 0.311 e. The molecular formula is C42H50N10O6. The molecule has 304 valence electrons. The van der Waals surface area contributed by atoms with Crippen LogP contribution in [0.1, 0.15) is 62.8 Å². The summed E-state index contributed by atoms with van der Waals surface area (Å²) < 4.78 is 13.6. The van der Waals surface area contributed by atoms with E-state index in [0.717, 1.165) is 50.2 Å². The Morgan fingerprint density at radius 1 is 0.983 bits per heavy atom. The lowest BCUT2D eigenvalue weighted by Crippen LogP contribution is -2.54. The Balaban J connectivity index is 0.888. The maximum absolute atomic E-state index is 13.7. The number of carbonyl (C=O) groups is 4. The topological polar surface area (TPSA) is 181 Å². The number of carbonyl (C=O) groups excluding carboxylic acids is 4. The number of benzene rings is 2. The summed E-state index contributed by atoms with van der Waals surface area (Å²) in [6, 6.07) is 15.0. The van der Waals surface area contributed by atoms with Crippen LogP contribution in [-0.4, -0.2) is 119 Å². The van der Waals surface area contributed by atoms with Gasteiger partial charge in [0.05, 0.1) is 42.6 Å². The third kappa shape index (κ3) is 8.25. The molecule has 3 amide bonds.